The molecular formula is C22H25N3O2. The Morgan fingerprint density at radius 1 is 1.04 bits per heavy atom. The standard InChI is InChI=1S/C22H25N3O2/c1-2-23-22(27)24-21(26)20(19-11-7-4-8-12-19)25-15-13-18(14-16-25)17-9-5-3-6-10-17/h3-13,20H,2,14-16H2,1H3,(H2,23,24,26,27)/t20-/m0/s1. The fourth-order valence-corrected chi connectivity index (χ4v) is 3.38. The van der Waals surface area contributed by atoms with Crippen LogP contribution in [0, 0.1) is 0 Å². The summed E-state index contributed by atoms with van der Waals surface area (Å²) in [5.41, 5.74) is 3.40. The largest absolute Gasteiger partial charge is 0.338 e. The van der Waals surface area contributed by atoms with Gasteiger partial charge in [-0.25, -0.2) is 4.79 Å². The Labute approximate surface area is 160 Å². The summed E-state index contributed by atoms with van der Waals surface area (Å²) in [5.74, 6) is -0.302. The summed E-state index contributed by atoms with van der Waals surface area (Å²) >= 11 is 0. The number of hydrogen-bond acceptors (Lipinski definition) is 3. The second-order valence-electron chi connectivity index (χ2n) is 6.50. The lowest BCUT2D eigenvalue weighted by Crippen LogP contribution is -2.47. The molecular weight excluding hydrogens is 338 g/mol. The van der Waals surface area contributed by atoms with Crippen molar-refractivity contribution in [1.29, 1.82) is 0 Å². The molecule has 0 aromatic heterocycles. The first kappa shape index (κ1) is 18.9. The fourth-order valence-electron chi connectivity index (χ4n) is 3.38. The summed E-state index contributed by atoms with van der Waals surface area (Å²) in [5, 5.41) is 5.08. The van der Waals surface area contributed by atoms with Crippen molar-refractivity contribution < 1.29 is 9.59 Å². The Kier molecular flexibility index (Phi) is 6.39. The van der Waals surface area contributed by atoms with Crippen LogP contribution in [0.1, 0.15) is 30.5 Å². The van der Waals surface area contributed by atoms with E-state index < -0.39 is 12.1 Å². The quantitative estimate of drug-likeness (QED) is 0.856. The number of amides is 3. The van der Waals surface area contributed by atoms with Gasteiger partial charge in [0.25, 0.3) is 0 Å². The molecule has 2 aromatic rings. The highest BCUT2D eigenvalue weighted by Gasteiger charge is 2.29. The summed E-state index contributed by atoms with van der Waals surface area (Å²) < 4.78 is 0. The van der Waals surface area contributed by atoms with Crippen LogP contribution in [0.2, 0.25) is 0 Å². The number of benzene rings is 2. The van der Waals surface area contributed by atoms with Gasteiger partial charge in [-0.1, -0.05) is 66.7 Å². The highest BCUT2D eigenvalue weighted by molar-refractivity contribution is 5.97. The van der Waals surface area contributed by atoms with Crippen LogP contribution in [0.4, 0.5) is 4.79 Å². The van der Waals surface area contributed by atoms with Crippen LogP contribution in [0.15, 0.2) is 66.7 Å². The van der Waals surface area contributed by atoms with Gasteiger partial charge in [-0.05, 0) is 30.0 Å². The second kappa shape index (κ2) is 9.14. The minimum atomic E-state index is -0.498. The first-order chi connectivity index (χ1) is 13.2. The number of imide groups is 1. The van der Waals surface area contributed by atoms with E-state index in [9.17, 15) is 9.59 Å². The number of carbonyl (C=O) groups is 2. The van der Waals surface area contributed by atoms with Gasteiger partial charge < -0.3 is 5.32 Å². The molecule has 2 N–H and O–H groups in total. The molecule has 0 radical (unpaired) electrons. The van der Waals surface area contributed by atoms with E-state index in [2.05, 4.69) is 33.7 Å². The zero-order valence-corrected chi connectivity index (χ0v) is 15.5. The highest BCUT2D eigenvalue weighted by Crippen LogP contribution is 2.28. The Hall–Kier alpha value is -2.92. The van der Waals surface area contributed by atoms with E-state index in [-0.39, 0.29) is 5.91 Å². The van der Waals surface area contributed by atoms with E-state index in [1.807, 2.05) is 55.5 Å². The minimum Gasteiger partial charge on any atom is -0.338 e. The number of nitrogens with one attached hydrogen (secondary N) is 2. The average Bonchev–Trinajstić information content (AvgIpc) is 2.70. The zero-order chi connectivity index (χ0) is 19.1. The first-order valence-electron chi connectivity index (χ1n) is 9.31. The Morgan fingerprint density at radius 2 is 1.70 bits per heavy atom. The van der Waals surface area contributed by atoms with Crippen molar-refractivity contribution in [2.24, 2.45) is 0 Å². The lowest BCUT2D eigenvalue weighted by molar-refractivity contribution is -0.125. The second-order valence-corrected chi connectivity index (χ2v) is 6.50. The van der Waals surface area contributed by atoms with E-state index >= 15 is 0 Å². The van der Waals surface area contributed by atoms with Gasteiger partial charge in [0, 0.05) is 19.6 Å². The summed E-state index contributed by atoms with van der Waals surface area (Å²) in [6.45, 7) is 3.71. The van der Waals surface area contributed by atoms with Crippen molar-refractivity contribution in [3.8, 4) is 0 Å². The van der Waals surface area contributed by atoms with E-state index in [1.54, 1.807) is 0 Å². The van der Waals surface area contributed by atoms with Crippen molar-refractivity contribution in [3.05, 3.63) is 77.9 Å². The van der Waals surface area contributed by atoms with Crippen LogP contribution in [0.25, 0.3) is 5.57 Å². The minimum absolute atomic E-state index is 0.302. The van der Waals surface area contributed by atoms with Gasteiger partial charge in [0.15, 0.2) is 0 Å². The fraction of sp³-hybridized carbons (Fsp3) is 0.273. The summed E-state index contributed by atoms with van der Waals surface area (Å²) in [7, 11) is 0. The number of rotatable bonds is 5. The highest BCUT2D eigenvalue weighted by atomic mass is 16.2. The maximum absolute atomic E-state index is 12.8. The van der Waals surface area contributed by atoms with Crippen molar-refractivity contribution in [2.75, 3.05) is 19.6 Å². The molecule has 0 saturated heterocycles. The lowest BCUT2D eigenvalue weighted by atomic mass is 9.96. The van der Waals surface area contributed by atoms with E-state index in [1.165, 1.54) is 11.1 Å². The summed E-state index contributed by atoms with van der Waals surface area (Å²) in [4.78, 5) is 26.8. The molecule has 140 valence electrons. The van der Waals surface area contributed by atoms with E-state index in [0.29, 0.717) is 13.1 Å². The third kappa shape index (κ3) is 4.83. The zero-order valence-electron chi connectivity index (χ0n) is 15.5. The van der Waals surface area contributed by atoms with Gasteiger partial charge in [0.05, 0.1) is 0 Å². The molecule has 3 amide bonds. The van der Waals surface area contributed by atoms with Gasteiger partial charge in [0.2, 0.25) is 5.91 Å². The third-order valence-electron chi connectivity index (χ3n) is 4.69. The number of hydrogen-bond donors (Lipinski definition) is 2. The maximum atomic E-state index is 12.8. The lowest BCUT2D eigenvalue weighted by Gasteiger charge is -2.33. The van der Waals surface area contributed by atoms with E-state index in [0.717, 1.165) is 18.5 Å². The van der Waals surface area contributed by atoms with E-state index in [4.69, 9.17) is 0 Å². The van der Waals surface area contributed by atoms with Gasteiger partial charge in [-0.3, -0.25) is 15.0 Å². The average molecular weight is 363 g/mol. The van der Waals surface area contributed by atoms with Crippen molar-refractivity contribution in [1.82, 2.24) is 15.5 Å². The Bertz CT molecular complexity index is 803. The van der Waals surface area contributed by atoms with Crippen LogP contribution in [-0.2, 0) is 4.79 Å². The van der Waals surface area contributed by atoms with Crippen LogP contribution in [-0.4, -0.2) is 36.5 Å². The summed E-state index contributed by atoms with van der Waals surface area (Å²) in [6, 6.07) is 19.0. The van der Waals surface area contributed by atoms with Gasteiger partial charge in [-0.2, -0.15) is 0 Å². The molecule has 0 saturated carbocycles. The molecule has 0 aliphatic carbocycles. The maximum Gasteiger partial charge on any atom is 0.321 e. The van der Waals surface area contributed by atoms with Crippen molar-refractivity contribution in [2.45, 2.75) is 19.4 Å². The van der Waals surface area contributed by atoms with Crippen molar-refractivity contribution in [3.63, 3.8) is 0 Å². The van der Waals surface area contributed by atoms with Gasteiger partial charge in [-0.15, -0.1) is 0 Å². The van der Waals surface area contributed by atoms with Crippen LogP contribution >= 0.6 is 0 Å². The molecule has 1 aliphatic heterocycles. The predicted octanol–water partition coefficient (Wildman–Crippen LogP) is 3.36. The SMILES string of the molecule is CCNC(=O)NC(=O)[C@H](c1ccccc1)N1CC=C(c2ccccc2)CC1. The molecule has 2 aromatic carbocycles. The monoisotopic (exact) mass is 363 g/mol. The molecule has 0 bridgehead atoms. The molecule has 5 nitrogen and oxygen atoms in total. The molecule has 27 heavy (non-hydrogen) atoms. The molecule has 3 rings (SSSR count). The molecule has 0 fully saturated rings. The van der Waals surface area contributed by atoms with Gasteiger partial charge >= 0.3 is 6.03 Å². The topological polar surface area (TPSA) is 61.4 Å². The number of carbonyl (C=O) groups excluding carboxylic acids is 2. The molecule has 0 spiro atoms. The first-order valence-corrected chi connectivity index (χ1v) is 9.31. The van der Waals surface area contributed by atoms with Gasteiger partial charge in [0.1, 0.15) is 6.04 Å². The number of urea groups is 1. The molecule has 1 heterocycles. The predicted molar refractivity (Wildman–Crippen MR) is 107 cm³/mol. The molecule has 5 heteroatoms. The van der Waals surface area contributed by atoms with Crippen LogP contribution in [0.3, 0.4) is 0 Å². The smallest absolute Gasteiger partial charge is 0.321 e. The van der Waals surface area contributed by atoms with Crippen LogP contribution in [0.5, 0.6) is 0 Å². The third-order valence-corrected chi connectivity index (χ3v) is 4.69. The number of nitrogens with zero attached hydrogens (tertiary/aromatic N) is 1. The Balaban J connectivity index is 1.79. The summed E-state index contributed by atoms with van der Waals surface area (Å²) in [6.07, 6.45) is 3.04. The normalized spacial score (nSPS) is 15.5. The molecule has 1 atom stereocenters. The Morgan fingerprint density at radius 3 is 2.30 bits per heavy atom. The van der Waals surface area contributed by atoms with Crippen LogP contribution < -0.4 is 10.6 Å². The van der Waals surface area contributed by atoms with Crippen molar-refractivity contribution >= 4 is 17.5 Å². The molecule has 1 aliphatic rings. The molecule has 0 unspecified atom stereocenters.